The first-order chi connectivity index (χ1) is 14.9. The molecule has 0 atom stereocenters. The molecule has 0 unspecified atom stereocenters. The van der Waals surface area contributed by atoms with Gasteiger partial charge >= 0.3 is 10.1 Å². The van der Waals surface area contributed by atoms with Crippen LogP contribution in [0.4, 0.5) is 0 Å². The molecule has 0 spiro atoms. The predicted octanol–water partition coefficient (Wildman–Crippen LogP) is 3.87. The number of aliphatic imine (C=N–C) groups is 1. The summed E-state index contributed by atoms with van der Waals surface area (Å²) in [6, 6.07) is 14.2. The molecule has 0 fully saturated rings. The molecule has 1 N–H and O–H groups in total. The van der Waals surface area contributed by atoms with E-state index in [-0.39, 0.29) is 22.1 Å². The number of amides is 1. The largest absolute Gasteiger partial charge is 0.378 e. The molecule has 0 aromatic heterocycles. The summed E-state index contributed by atoms with van der Waals surface area (Å²) in [6.07, 6.45) is 3.02. The quantitative estimate of drug-likeness (QED) is 0.524. The van der Waals surface area contributed by atoms with Crippen molar-refractivity contribution in [1.82, 2.24) is 5.01 Å². The lowest BCUT2D eigenvalue weighted by Crippen LogP contribution is -2.35. The molecule has 0 radical (unpaired) electrons. The highest BCUT2D eigenvalue weighted by Gasteiger charge is 2.35. The van der Waals surface area contributed by atoms with Gasteiger partial charge in [0, 0.05) is 5.56 Å². The summed E-state index contributed by atoms with van der Waals surface area (Å²) in [5.74, 6) is -0.660. The van der Waals surface area contributed by atoms with Crippen LogP contribution in [-0.2, 0) is 14.9 Å². The Kier molecular flexibility index (Phi) is 5.75. The van der Waals surface area contributed by atoms with E-state index in [2.05, 4.69) is 10.1 Å². The SMILES string of the molecule is CCCC1=NN2C(=N)/C(=C/c3ccccc3OS(=O)(=O)c3ccccc3)C(=O)N=C2S1. The Bertz CT molecular complexity index is 1250. The smallest absolute Gasteiger partial charge is 0.339 e. The molecule has 2 aliphatic heterocycles. The van der Waals surface area contributed by atoms with E-state index in [9.17, 15) is 13.2 Å². The second kappa shape index (κ2) is 8.48. The lowest BCUT2D eigenvalue weighted by molar-refractivity contribution is -0.114. The normalized spacial score (nSPS) is 17.5. The molecule has 0 saturated heterocycles. The van der Waals surface area contributed by atoms with E-state index in [1.165, 1.54) is 41.0 Å². The lowest BCUT2D eigenvalue weighted by atomic mass is 10.1. The molecule has 2 heterocycles. The van der Waals surface area contributed by atoms with Gasteiger partial charge in [0.15, 0.2) is 5.84 Å². The van der Waals surface area contributed by atoms with Crippen molar-refractivity contribution in [2.75, 3.05) is 0 Å². The van der Waals surface area contributed by atoms with Crippen molar-refractivity contribution in [3.8, 4) is 5.75 Å². The summed E-state index contributed by atoms with van der Waals surface area (Å²) in [4.78, 5) is 16.6. The Morgan fingerprint density at radius 2 is 1.84 bits per heavy atom. The van der Waals surface area contributed by atoms with E-state index in [0.717, 1.165) is 17.9 Å². The second-order valence-electron chi connectivity index (χ2n) is 6.65. The van der Waals surface area contributed by atoms with E-state index >= 15 is 0 Å². The first-order valence-corrected chi connectivity index (χ1v) is 11.7. The van der Waals surface area contributed by atoms with Crippen LogP contribution in [0, 0.1) is 5.41 Å². The molecule has 2 aromatic rings. The standard InChI is InChI=1S/C21H18N4O4S2/c1-2-8-18-24-25-19(22)16(20(26)23-21(25)30-18)13-14-9-6-7-12-17(14)29-31(27,28)15-10-4-3-5-11-15/h3-7,9-13,22H,2,8H2,1H3/b16-13-,22-19?. The van der Waals surface area contributed by atoms with Gasteiger partial charge in [-0.25, -0.2) is 0 Å². The Morgan fingerprint density at radius 1 is 1.13 bits per heavy atom. The third-order valence-corrected chi connectivity index (χ3v) is 6.63. The minimum Gasteiger partial charge on any atom is -0.378 e. The zero-order chi connectivity index (χ0) is 22.0. The van der Waals surface area contributed by atoms with Crippen molar-refractivity contribution >= 4 is 49.9 Å². The van der Waals surface area contributed by atoms with Gasteiger partial charge in [0.2, 0.25) is 5.17 Å². The third kappa shape index (κ3) is 4.30. The number of rotatable bonds is 6. The average molecular weight is 455 g/mol. The maximum atomic E-state index is 12.6. The topological polar surface area (TPSA) is 112 Å². The monoisotopic (exact) mass is 454 g/mol. The van der Waals surface area contributed by atoms with E-state index in [4.69, 9.17) is 9.59 Å². The number of amidine groups is 2. The molecular weight excluding hydrogens is 436 g/mol. The van der Waals surface area contributed by atoms with Gasteiger partial charge in [-0.1, -0.05) is 43.3 Å². The molecule has 2 aliphatic rings. The molecule has 1 amide bonds. The maximum Gasteiger partial charge on any atom is 0.339 e. The summed E-state index contributed by atoms with van der Waals surface area (Å²) in [5, 5.41) is 15.3. The molecule has 31 heavy (non-hydrogen) atoms. The Balaban J connectivity index is 1.68. The van der Waals surface area contributed by atoms with Crippen molar-refractivity contribution in [3.05, 3.63) is 65.7 Å². The fourth-order valence-electron chi connectivity index (χ4n) is 2.93. The molecule has 8 nitrogen and oxygen atoms in total. The van der Waals surface area contributed by atoms with Gasteiger partial charge in [-0.2, -0.15) is 23.5 Å². The lowest BCUT2D eigenvalue weighted by Gasteiger charge is -2.20. The van der Waals surface area contributed by atoms with Crippen LogP contribution in [0.1, 0.15) is 25.3 Å². The summed E-state index contributed by atoms with van der Waals surface area (Å²) in [6.45, 7) is 2.02. The van der Waals surface area contributed by atoms with Gasteiger partial charge in [0.25, 0.3) is 5.91 Å². The van der Waals surface area contributed by atoms with Gasteiger partial charge in [0.1, 0.15) is 15.7 Å². The number of hydrogen-bond acceptors (Lipinski definition) is 7. The van der Waals surface area contributed by atoms with E-state index in [1.807, 2.05) is 6.92 Å². The second-order valence-corrected chi connectivity index (χ2v) is 9.24. The van der Waals surface area contributed by atoms with Crippen LogP contribution >= 0.6 is 11.8 Å². The van der Waals surface area contributed by atoms with E-state index < -0.39 is 16.0 Å². The summed E-state index contributed by atoms with van der Waals surface area (Å²) < 4.78 is 30.6. The molecule has 0 aliphatic carbocycles. The van der Waals surface area contributed by atoms with Crippen LogP contribution in [-0.4, -0.2) is 35.4 Å². The zero-order valence-corrected chi connectivity index (χ0v) is 18.1. The molecule has 158 valence electrons. The molecule has 0 saturated carbocycles. The number of hydrazone groups is 1. The fraction of sp³-hybridized carbons (Fsp3) is 0.143. The number of benzene rings is 2. The molecule has 4 rings (SSSR count). The van der Waals surface area contributed by atoms with Crippen LogP contribution in [0.3, 0.4) is 0 Å². The van der Waals surface area contributed by atoms with Crippen LogP contribution in [0.15, 0.2) is 75.2 Å². The predicted molar refractivity (Wildman–Crippen MR) is 121 cm³/mol. The number of nitrogens with one attached hydrogen (secondary N) is 1. The molecular formula is C21H18N4O4S2. The van der Waals surface area contributed by atoms with Crippen LogP contribution in [0.25, 0.3) is 6.08 Å². The number of carbonyl (C=O) groups excluding carboxylic acids is 1. The van der Waals surface area contributed by atoms with E-state index in [0.29, 0.717) is 10.7 Å². The number of carbonyl (C=O) groups is 1. The van der Waals surface area contributed by atoms with Crippen molar-refractivity contribution in [1.29, 1.82) is 5.41 Å². The van der Waals surface area contributed by atoms with Gasteiger partial charge in [-0.05, 0) is 48.9 Å². The Morgan fingerprint density at radius 3 is 2.58 bits per heavy atom. The first-order valence-electron chi connectivity index (χ1n) is 9.46. The molecule has 0 bridgehead atoms. The van der Waals surface area contributed by atoms with E-state index in [1.54, 1.807) is 36.4 Å². The number of para-hydroxylation sites is 1. The highest BCUT2D eigenvalue weighted by atomic mass is 32.2. The highest BCUT2D eigenvalue weighted by Crippen LogP contribution is 2.31. The van der Waals surface area contributed by atoms with Crippen molar-refractivity contribution < 1.29 is 17.4 Å². The zero-order valence-electron chi connectivity index (χ0n) is 16.5. The molecule has 2 aromatic carbocycles. The van der Waals surface area contributed by atoms with Crippen LogP contribution in [0.2, 0.25) is 0 Å². The van der Waals surface area contributed by atoms with Gasteiger partial charge in [-0.15, -0.1) is 0 Å². The molecule has 10 heteroatoms. The third-order valence-electron chi connectivity index (χ3n) is 4.41. The van der Waals surface area contributed by atoms with Gasteiger partial charge < -0.3 is 4.18 Å². The maximum absolute atomic E-state index is 12.6. The van der Waals surface area contributed by atoms with Crippen molar-refractivity contribution in [2.24, 2.45) is 10.1 Å². The van der Waals surface area contributed by atoms with Crippen molar-refractivity contribution in [3.63, 3.8) is 0 Å². The Labute approximate surface area is 184 Å². The van der Waals surface area contributed by atoms with Crippen LogP contribution < -0.4 is 4.18 Å². The summed E-state index contributed by atoms with van der Waals surface area (Å²) >= 11 is 1.28. The Hall–Kier alpha value is -3.24. The number of hydrogen-bond donors (Lipinski definition) is 1. The van der Waals surface area contributed by atoms with Gasteiger partial charge in [-0.3, -0.25) is 10.2 Å². The number of nitrogens with zero attached hydrogens (tertiary/aromatic N) is 3. The minimum atomic E-state index is -4.06. The number of fused-ring (bicyclic) bond motifs is 1. The average Bonchev–Trinajstić information content (AvgIpc) is 3.15. The van der Waals surface area contributed by atoms with Crippen LogP contribution in [0.5, 0.6) is 5.75 Å². The van der Waals surface area contributed by atoms with Crippen molar-refractivity contribution in [2.45, 2.75) is 24.7 Å². The fourth-order valence-corrected chi connectivity index (χ4v) is 4.89. The first kappa shape index (κ1) is 21.0. The number of thioether (sulfide) groups is 1. The highest BCUT2D eigenvalue weighted by molar-refractivity contribution is 8.26. The minimum absolute atomic E-state index is 0.000919. The van der Waals surface area contributed by atoms with Gasteiger partial charge in [0.05, 0.1) is 5.57 Å². The summed E-state index contributed by atoms with van der Waals surface area (Å²) in [5.41, 5.74) is 0.331. The summed E-state index contributed by atoms with van der Waals surface area (Å²) in [7, 11) is -4.06.